The van der Waals surface area contributed by atoms with Crippen molar-refractivity contribution in [3.8, 4) is 5.75 Å². The summed E-state index contributed by atoms with van der Waals surface area (Å²) in [5, 5.41) is 0.934. The summed E-state index contributed by atoms with van der Waals surface area (Å²) in [6.45, 7) is 0. The quantitative estimate of drug-likeness (QED) is 0.848. The van der Waals surface area contributed by atoms with E-state index >= 15 is 0 Å². The first-order valence-corrected chi connectivity index (χ1v) is 4.87. The van der Waals surface area contributed by atoms with Crippen LogP contribution >= 0.6 is 15.9 Å². The Morgan fingerprint density at radius 2 is 2.07 bits per heavy atom. The highest BCUT2D eigenvalue weighted by Gasteiger charge is 2.04. The molecule has 0 bridgehead atoms. The van der Waals surface area contributed by atoms with Crippen LogP contribution in [0.5, 0.6) is 5.75 Å². The molecule has 14 heavy (non-hydrogen) atoms. The fourth-order valence-corrected chi connectivity index (χ4v) is 1.82. The maximum absolute atomic E-state index is 11.1. The van der Waals surface area contributed by atoms with Gasteiger partial charge in [0, 0.05) is 15.9 Å². The van der Waals surface area contributed by atoms with Crippen molar-refractivity contribution >= 4 is 26.8 Å². The highest BCUT2D eigenvalue weighted by Crippen LogP contribution is 2.28. The van der Waals surface area contributed by atoms with Gasteiger partial charge in [-0.05, 0) is 18.2 Å². The molecule has 2 aromatic rings. The number of nitrogens with one attached hydrogen (secondary N) is 1. The minimum absolute atomic E-state index is 0.131. The number of aromatic amines is 1. The highest BCUT2D eigenvalue weighted by molar-refractivity contribution is 9.10. The highest BCUT2D eigenvalue weighted by atomic mass is 79.9. The molecule has 3 nitrogen and oxygen atoms in total. The van der Waals surface area contributed by atoms with Crippen molar-refractivity contribution in [2.45, 2.75) is 0 Å². The van der Waals surface area contributed by atoms with Crippen molar-refractivity contribution in [3.63, 3.8) is 0 Å². The molecule has 0 saturated heterocycles. The van der Waals surface area contributed by atoms with Crippen LogP contribution in [0.15, 0.2) is 33.5 Å². The summed E-state index contributed by atoms with van der Waals surface area (Å²) in [5.74, 6) is 0.668. The zero-order valence-corrected chi connectivity index (χ0v) is 9.09. The van der Waals surface area contributed by atoms with E-state index in [9.17, 15) is 4.79 Å². The molecule has 1 aromatic carbocycles. The van der Waals surface area contributed by atoms with Crippen LogP contribution in [0.1, 0.15) is 0 Å². The van der Waals surface area contributed by atoms with E-state index in [-0.39, 0.29) is 5.56 Å². The zero-order valence-electron chi connectivity index (χ0n) is 7.50. The lowest BCUT2D eigenvalue weighted by Crippen LogP contribution is -2.03. The zero-order chi connectivity index (χ0) is 10.1. The smallest absolute Gasteiger partial charge is 0.248 e. The molecule has 1 aromatic heterocycles. The molecule has 0 aliphatic heterocycles. The summed E-state index contributed by atoms with van der Waals surface area (Å²) < 4.78 is 6.08. The van der Waals surface area contributed by atoms with Gasteiger partial charge in [0.15, 0.2) is 0 Å². The maximum atomic E-state index is 11.1. The van der Waals surface area contributed by atoms with Gasteiger partial charge in [0.25, 0.3) is 0 Å². The van der Waals surface area contributed by atoms with E-state index in [1.807, 2.05) is 12.1 Å². The third kappa shape index (κ3) is 1.42. The van der Waals surface area contributed by atoms with Gasteiger partial charge in [-0.2, -0.15) is 0 Å². The minimum Gasteiger partial charge on any atom is -0.495 e. The molecule has 2 rings (SSSR count). The Morgan fingerprint density at radius 1 is 1.29 bits per heavy atom. The summed E-state index contributed by atoms with van der Waals surface area (Å²) >= 11 is 3.41. The van der Waals surface area contributed by atoms with Crippen molar-refractivity contribution in [3.05, 3.63) is 39.1 Å². The van der Waals surface area contributed by atoms with Gasteiger partial charge in [-0.3, -0.25) is 4.79 Å². The van der Waals surface area contributed by atoms with Crippen molar-refractivity contribution in [2.75, 3.05) is 7.11 Å². The first-order chi connectivity index (χ1) is 6.72. The van der Waals surface area contributed by atoms with Crippen molar-refractivity contribution in [1.29, 1.82) is 0 Å². The molecule has 72 valence electrons. The predicted octanol–water partition coefficient (Wildman–Crippen LogP) is 2.30. The fraction of sp³-hybridized carbons (Fsp3) is 0.100. The van der Waals surface area contributed by atoms with E-state index in [2.05, 4.69) is 20.9 Å². The number of ether oxygens (including phenoxy) is 1. The Labute approximate surface area is 88.8 Å². The lowest BCUT2D eigenvalue weighted by Gasteiger charge is -2.05. The van der Waals surface area contributed by atoms with Crippen LogP contribution in [0.2, 0.25) is 0 Å². The molecule has 0 aliphatic rings. The number of fused-ring (bicyclic) bond motifs is 1. The molecule has 0 spiro atoms. The van der Waals surface area contributed by atoms with E-state index in [0.29, 0.717) is 5.75 Å². The van der Waals surface area contributed by atoms with Gasteiger partial charge >= 0.3 is 0 Å². The van der Waals surface area contributed by atoms with Gasteiger partial charge in [-0.1, -0.05) is 15.9 Å². The molecule has 0 radical (unpaired) electrons. The van der Waals surface area contributed by atoms with E-state index in [1.54, 1.807) is 13.2 Å². The molecule has 0 aliphatic carbocycles. The number of aromatic nitrogens is 1. The molecular formula is C10H8BrNO2. The monoisotopic (exact) mass is 253 g/mol. The third-order valence-electron chi connectivity index (χ3n) is 2.02. The first-order valence-electron chi connectivity index (χ1n) is 4.08. The number of hydrogen-bond acceptors (Lipinski definition) is 2. The number of hydrogen-bond donors (Lipinski definition) is 1. The fourth-order valence-electron chi connectivity index (χ4n) is 1.36. The Balaban J connectivity index is 2.92. The van der Waals surface area contributed by atoms with Gasteiger partial charge < -0.3 is 9.72 Å². The third-order valence-corrected chi connectivity index (χ3v) is 2.72. The summed E-state index contributed by atoms with van der Waals surface area (Å²) in [6.07, 6.45) is 0. The van der Waals surface area contributed by atoms with Gasteiger partial charge in [0.2, 0.25) is 5.56 Å². The van der Waals surface area contributed by atoms with Gasteiger partial charge in [0.1, 0.15) is 5.75 Å². The van der Waals surface area contributed by atoms with Crippen LogP contribution in [0.25, 0.3) is 10.9 Å². The van der Waals surface area contributed by atoms with Crippen LogP contribution < -0.4 is 10.3 Å². The number of benzene rings is 1. The van der Waals surface area contributed by atoms with Crippen LogP contribution in [0.3, 0.4) is 0 Å². The van der Waals surface area contributed by atoms with Gasteiger partial charge in [0.05, 0.1) is 12.6 Å². The van der Waals surface area contributed by atoms with Crippen LogP contribution in [0, 0.1) is 0 Å². The first kappa shape index (κ1) is 9.27. The number of pyridine rings is 1. The second-order valence-electron chi connectivity index (χ2n) is 2.86. The largest absolute Gasteiger partial charge is 0.495 e. The normalized spacial score (nSPS) is 10.4. The molecule has 0 fully saturated rings. The molecule has 0 atom stereocenters. The lowest BCUT2D eigenvalue weighted by atomic mass is 10.2. The topological polar surface area (TPSA) is 42.1 Å². The van der Waals surface area contributed by atoms with Crippen molar-refractivity contribution < 1.29 is 4.74 Å². The number of rotatable bonds is 1. The second kappa shape index (κ2) is 3.46. The van der Waals surface area contributed by atoms with Crippen molar-refractivity contribution in [2.24, 2.45) is 0 Å². The summed E-state index contributed by atoms with van der Waals surface area (Å²) in [5.41, 5.74) is 0.586. The van der Waals surface area contributed by atoms with E-state index in [1.165, 1.54) is 6.07 Å². The molecule has 0 saturated carbocycles. The molecule has 1 N–H and O–H groups in total. The second-order valence-corrected chi connectivity index (χ2v) is 3.72. The predicted molar refractivity (Wildman–Crippen MR) is 58.8 cm³/mol. The molecular weight excluding hydrogens is 246 g/mol. The average molecular weight is 254 g/mol. The maximum Gasteiger partial charge on any atom is 0.248 e. The Bertz CT molecular complexity index is 533. The summed E-state index contributed by atoms with van der Waals surface area (Å²) in [6, 6.07) is 6.95. The van der Waals surface area contributed by atoms with E-state index in [0.717, 1.165) is 15.4 Å². The SMILES string of the molecule is COc1ccc(Br)c2ccc(=O)[nH]c12. The molecule has 4 heteroatoms. The average Bonchev–Trinajstić information content (AvgIpc) is 2.18. The number of methoxy groups -OCH3 is 1. The van der Waals surface area contributed by atoms with E-state index in [4.69, 9.17) is 4.74 Å². The Morgan fingerprint density at radius 3 is 2.79 bits per heavy atom. The Hall–Kier alpha value is -1.29. The summed E-state index contributed by atoms with van der Waals surface area (Å²) in [4.78, 5) is 13.9. The molecule has 0 unspecified atom stereocenters. The molecule has 0 amide bonds. The summed E-state index contributed by atoms with van der Waals surface area (Å²) in [7, 11) is 1.58. The lowest BCUT2D eigenvalue weighted by molar-refractivity contribution is 0.419. The van der Waals surface area contributed by atoms with Crippen molar-refractivity contribution in [1.82, 2.24) is 4.98 Å². The van der Waals surface area contributed by atoms with Crippen LogP contribution in [0.4, 0.5) is 0 Å². The standard InChI is InChI=1S/C10H8BrNO2/c1-14-8-4-3-7(11)6-2-5-9(13)12-10(6)8/h2-5H,1H3,(H,12,13). The number of halogens is 1. The van der Waals surface area contributed by atoms with Gasteiger partial charge in [-0.15, -0.1) is 0 Å². The molecule has 1 heterocycles. The Kier molecular flexibility index (Phi) is 2.29. The van der Waals surface area contributed by atoms with Gasteiger partial charge in [-0.25, -0.2) is 0 Å². The van der Waals surface area contributed by atoms with Crippen LogP contribution in [-0.2, 0) is 0 Å². The minimum atomic E-state index is -0.131. The number of H-pyrrole nitrogens is 1. The van der Waals surface area contributed by atoms with E-state index < -0.39 is 0 Å². The van der Waals surface area contributed by atoms with Crippen LogP contribution in [-0.4, -0.2) is 12.1 Å².